The molecule has 3 heterocycles. The molecular weight excluding hydrogens is 222 g/mol. The molecule has 0 amide bonds. The van der Waals surface area contributed by atoms with Gasteiger partial charge in [0.2, 0.25) is 0 Å². The minimum Gasteiger partial charge on any atom is -0.305 e. The minimum atomic E-state index is 0.694. The standard InChI is InChI=1S/C15H29N3/c1-5-17-7-12(2)14(6-13(17)3)18-10-15(11-18)8-16(4)9-15/h12-14H,5-11H2,1-4H3/t12?,13-,14?/m1/s1. The maximum absolute atomic E-state index is 2.78. The largest absolute Gasteiger partial charge is 0.305 e. The van der Waals surface area contributed by atoms with E-state index in [1.165, 1.54) is 45.7 Å². The number of likely N-dealkylation sites (tertiary alicyclic amines) is 3. The van der Waals surface area contributed by atoms with E-state index < -0.39 is 0 Å². The van der Waals surface area contributed by atoms with Gasteiger partial charge in [-0.1, -0.05) is 13.8 Å². The lowest BCUT2D eigenvalue weighted by molar-refractivity contribution is -0.139. The fourth-order valence-electron chi connectivity index (χ4n) is 4.70. The van der Waals surface area contributed by atoms with E-state index in [4.69, 9.17) is 0 Å². The summed E-state index contributed by atoms with van der Waals surface area (Å²) in [5.41, 5.74) is 0.694. The van der Waals surface area contributed by atoms with Crippen molar-refractivity contribution in [2.75, 3.05) is 46.3 Å². The van der Waals surface area contributed by atoms with E-state index in [1.807, 2.05) is 0 Å². The van der Waals surface area contributed by atoms with Crippen molar-refractivity contribution in [3.8, 4) is 0 Å². The Balaban J connectivity index is 1.55. The number of rotatable bonds is 2. The Morgan fingerprint density at radius 2 is 1.78 bits per heavy atom. The van der Waals surface area contributed by atoms with Crippen LogP contribution in [-0.4, -0.2) is 73.1 Å². The van der Waals surface area contributed by atoms with Crippen LogP contribution >= 0.6 is 0 Å². The summed E-state index contributed by atoms with van der Waals surface area (Å²) in [5, 5.41) is 0. The van der Waals surface area contributed by atoms with Gasteiger partial charge < -0.3 is 9.80 Å². The topological polar surface area (TPSA) is 9.72 Å². The first-order valence-corrected chi connectivity index (χ1v) is 7.70. The van der Waals surface area contributed by atoms with Crippen LogP contribution in [0.1, 0.15) is 27.2 Å². The molecule has 3 atom stereocenters. The van der Waals surface area contributed by atoms with Crippen LogP contribution in [0.25, 0.3) is 0 Å². The van der Waals surface area contributed by atoms with E-state index in [1.54, 1.807) is 0 Å². The maximum atomic E-state index is 2.78. The molecule has 0 aliphatic carbocycles. The number of hydrogen-bond donors (Lipinski definition) is 0. The third-order valence-electron chi connectivity index (χ3n) is 5.55. The lowest BCUT2D eigenvalue weighted by Gasteiger charge is -2.63. The molecule has 18 heavy (non-hydrogen) atoms. The van der Waals surface area contributed by atoms with Crippen molar-refractivity contribution in [3.05, 3.63) is 0 Å². The zero-order valence-electron chi connectivity index (χ0n) is 12.5. The summed E-state index contributed by atoms with van der Waals surface area (Å²) in [6.07, 6.45) is 1.38. The van der Waals surface area contributed by atoms with Crippen LogP contribution in [0.5, 0.6) is 0 Å². The molecule has 0 aromatic carbocycles. The highest BCUT2D eigenvalue weighted by molar-refractivity contribution is 5.07. The van der Waals surface area contributed by atoms with Gasteiger partial charge in [0.25, 0.3) is 0 Å². The molecule has 3 saturated heterocycles. The van der Waals surface area contributed by atoms with E-state index in [0.29, 0.717) is 5.41 Å². The van der Waals surface area contributed by atoms with Gasteiger partial charge in [0.1, 0.15) is 0 Å². The highest BCUT2D eigenvalue weighted by atomic mass is 15.3. The second kappa shape index (κ2) is 4.46. The molecular formula is C15H29N3. The normalized spacial score (nSPS) is 41.7. The molecule has 0 aromatic heterocycles. The van der Waals surface area contributed by atoms with Crippen LogP contribution in [0, 0.1) is 11.3 Å². The molecule has 0 N–H and O–H groups in total. The molecule has 0 saturated carbocycles. The van der Waals surface area contributed by atoms with Gasteiger partial charge in [0.15, 0.2) is 0 Å². The second-order valence-corrected chi connectivity index (χ2v) is 7.29. The summed E-state index contributed by atoms with van der Waals surface area (Å²) in [6.45, 7) is 15.1. The van der Waals surface area contributed by atoms with Gasteiger partial charge in [-0.2, -0.15) is 0 Å². The molecule has 0 radical (unpaired) electrons. The average Bonchev–Trinajstić information content (AvgIpc) is 2.24. The van der Waals surface area contributed by atoms with Gasteiger partial charge in [0, 0.05) is 50.2 Å². The first-order valence-electron chi connectivity index (χ1n) is 7.70. The van der Waals surface area contributed by atoms with Gasteiger partial charge in [-0.3, -0.25) is 4.90 Å². The van der Waals surface area contributed by atoms with Gasteiger partial charge >= 0.3 is 0 Å². The van der Waals surface area contributed by atoms with Crippen molar-refractivity contribution in [2.24, 2.45) is 11.3 Å². The Morgan fingerprint density at radius 3 is 2.33 bits per heavy atom. The Morgan fingerprint density at radius 1 is 1.11 bits per heavy atom. The Hall–Kier alpha value is -0.120. The molecule has 3 aliphatic rings. The van der Waals surface area contributed by atoms with Crippen molar-refractivity contribution >= 4 is 0 Å². The molecule has 104 valence electrons. The predicted octanol–water partition coefficient (Wildman–Crippen LogP) is 1.35. The van der Waals surface area contributed by atoms with Gasteiger partial charge in [-0.25, -0.2) is 0 Å². The van der Waals surface area contributed by atoms with E-state index >= 15 is 0 Å². The average molecular weight is 251 g/mol. The summed E-state index contributed by atoms with van der Waals surface area (Å²) in [5.74, 6) is 0.844. The molecule has 2 unspecified atom stereocenters. The maximum Gasteiger partial charge on any atom is 0.0212 e. The summed E-state index contributed by atoms with van der Waals surface area (Å²) in [4.78, 5) is 7.89. The lowest BCUT2D eigenvalue weighted by Crippen LogP contribution is -2.74. The van der Waals surface area contributed by atoms with Crippen LogP contribution in [0.3, 0.4) is 0 Å². The Labute approximate surface area is 112 Å². The smallest absolute Gasteiger partial charge is 0.0212 e. The van der Waals surface area contributed by atoms with Crippen LogP contribution in [0.2, 0.25) is 0 Å². The fraction of sp³-hybridized carbons (Fsp3) is 1.00. The second-order valence-electron chi connectivity index (χ2n) is 7.29. The fourth-order valence-corrected chi connectivity index (χ4v) is 4.70. The number of nitrogens with zero attached hydrogens (tertiary/aromatic N) is 3. The zero-order chi connectivity index (χ0) is 12.9. The highest BCUT2D eigenvalue weighted by Gasteiger charge is 2.53. The van der Waals surface area contributed by atoms with Crippen LogP contribution in [0.4, 0.5) is 0 Å². The van der Waals surface area contributed by atoms with Crippen LogP contribution in [-0.2, 0) is 0 Å². The van der Waals surface area contributed by atoms with E-state index in [9.17, 15) is 0 Å². The first-order chi connectivity index (χ1) is 8.53. The number of hydrogen-bond acceptors (Lipinski definition) is 3. The number of piperidine rings is 1. The monoisotopic (exact) mass is 251 g/mol. The molecule has 3 heteroatoms. The summed E-state index contributed by atoms with van der Waals surface area (Å²) < 4.78 is 0. The highest BCUT2D eigenvalue weighted by Crippen LogP contribution is 2.42. The van der Waals surface area contributed by atoms with E-state index in [0.717, 1.165) is 18.0 Å². The molecule has 1 spiro atoms. The van der Waals surface area contributed by atoms with Gasteiger partial charge in [-0.05, 0) is 32.9 Å². The lowest BCUT2D eigenvalue weighted by atomic mass is 9.71. The summed E-state index contributed by atoms with van der Waals surface area (Å²) in [7, 11) is 2.25. The van der Waals surface area contributed by atoms with Crippen molar-refractivity contribution < 1.29 is 0 Å². The summed E-state index contributed by atoms with van der Waals surface area (Å²) >= 11 is 0. The molecule has 3 nitrogen and oxygen atoms in total. The molecule has 3 aliphatic heterocycles. The van der Waals surface area contributed by atoms with Crippen molar-refractivity contribution in [1.82, 2.24) is 14.7 Å². The third kappa shape index (κ3) is 2.00. The molecule has 0 aromatic rings. The third-order valence-corrected chi connectivity index (χ3v) is 5.55. The van der Waals surface area contributed by atoms with Crippen LogP contribution < -0.4 is 0 Å². The first kappa shape index (κ1) is 12.9. The van der Waals surface area contributed by atoms with Crippen LogP contribution in [0.15, 0.2) is 0 Å². The van der Waals surface area contributed by atoms with E-state index in [-0.39, 0.29) is 0 Å². The Bertz CT molecular complexity index is 303. The SMILES string of the molecule is CCN1CC(C)C(N2CC3(CN(C)C3)C2)C[C@H]1C. The minimum absolute atomic E-state index is 0.694. The Kier molecular flexibility index (Phi) is 3.20. The molecule has 0 bridgehead atoms. The van der Waals surface area contributed by atoms with E-state index in [2.05, 4.69) is 42.5 Å². The summed E-state index contributed by atoms with van der Waals surface area (Å²) in [6, 6.07) is 1.62. The quantitative estimate of drug-likeness (QED) is 0.733. The molecule has 3 rings (SSSR count). The van der Waals surface area contributed by atoms with Crippen molar-refractivity contribution in [1.29, 1.82) is 0 Å². The zero-order valence-corrected chi connectivity index (χ0v) is 12.5. The van der Waals surface area contributed by atoms with Crippen molar-refractivity contribution in [2.45, 2.75) is 39.3 Å². The molecule has 3 fully saturated rings. The van der Waals surface area contributed by atoms with Gasteiger partial charge in [-0.15, -0.1) is 0 Å². The predicted molar refractivity (Wildman–Crippen MR) is 75.8 cm³/mol. The van der Waals surface area contributed by atoms with Crippen molar-refractivity contribution in [3.63, 3.8) is 0 Å². The van der Waals surface area contributed by atoms with Gasteiger partial charge in [0.05, 0.1) is 0 Å².